The van der Waals surface area contributed by atoms with E-state index in [2.05, 4.69) is 26.1 Å². The van der Waals surface area contributed by atoms with Crippen LogP contribution in [0.2, 0.25) is 0 Å². The van der Waals surface area contributed by atoms with Gasteiger partial charge in [-0.25, -0.2) is 5.32 Å². The normalized spacial score (nSPS) is 11.5. The monoisotopic (exact) mass is 307 g/mol. The Balaban J connectivity index is 2.28. The Hall–Kier alpha value is -1.57. The lowest BCUT2D eigenvalue weighted by Crippen LogP contribution is -2.20. The average molecular weight is 308 g/mol. The van der Waals surface area contributed by atoms with Crippen LogP contribution in [0.15, 0.2) is 33.2 Å². The molecule has 0 saturated carbocycles. The van der Waals surface area contributed by atoms with Crippen LogP contribution in [0.25, 0.3) is 11.5 Å². The van der Waals surface area contributed by atoms with Crippen LogP contribution in [0.1, 0.15) is 0 Å². The lowest BCUT2D eigenvalue weighted by molar-refractivity contribution is -0.102. The lowest BCUT2D eigenvalue weighted by atomic mass is 10.2. The molecule has 0 atom stereocenters. The van der Waals surface area contributed by atoms with Crippen LogP contribution in [-0.2, 0) is 0 Å². The number of nitrogens with zero attached hydrogens (tertiary/aromatic N) is 2. The number of anilines is 1. The summed E-state index contributed by atoms with van der Waals surface area (Å²) in [7, 11) is 0. The maximum absolute atomic E-state index is 12.0. The molecule has 2 rings (SSSR count). The van der Waals surface area contributed by atoms with Gasteiger partial charge in [0.1, 0.15) is 0 Å². The molecule has 1 aromatic carbocycles. The summed E-state index contributed by atoms with van der Waals surface area (Å²) in [5.41, 5.74) is 0.523. The first-order chi connectivity index (χ1) is 7.96. The standard InChI is InChI=1S/C9H5BrF3N3O/c10-6-4-2-1-3-5(6)7-15-16-8(17-7)14-9(11,12)13/h1-4H,(H,14,16). The van der Waals surface area contributed by atoms with Gasteiger partial charge >= 0.3 is 12.3 Å². The van der Waals surface area contributed by atoms with E-state index in [1.165, 1.54) is 0 Å². The van der Waals surface area contributed by atoms with Crippen molar-refractivity contribution in [3.05, 3.63) is 28.7 Å². The first-order valence-electron chi connectivity index (χ1n) is 4.39. The maximum atomic E-state index is 12.0. The Kier molecular flexibility index (Phi) is 3.05. The summed E-state index contributed by atoms with van der Waals surface area (Å²) in [6, 6.07) is 6.15. The Morgan fingerprint density at radius 2 is 1.88 bits per heavy atom. The predicted molar refractivity (Wildman–Crippen MR) is 57.1 cm³/mol. The number of aromatic nitrogens is 2. The Labute approximate surface area is 102 Å². The minimum atomic E-state index is -4.60. The number of benzene rings is 1. The molecular weight excluding hydrogens is 303 g/mol. The Morgan fingerprint density at radius 3 is 2.53 bits per heavy atom. The van der Waals surface area contributed by atoms with Gasteiger partial charge in [0.2, 0.25) is 0 Å². The summed E-state index contributed by atoms with van der Waals surface area (Å²) in [6.45, 7) is 0. The zero-order valence-electron chi connectivity index (χ0n) is 8.12. The molecule has 0 amide bonds. The topological polar surface area (TPSA) is 51.0 Å². The number of nitrogens with one attached hydrogen (secondary N) is 1. The molecular formula is C9H5BrF3N3O. The summed E-state index contributed by atoms with van der Waals surface area (Å²) in [5, 5.41) is 7.91. The average Bonchev–Trinajstić information content (AvgIpc) is 2.64. The minimum absolute atomic E-state index is 0.00391. The van der Waals surface area contributed by atoms with Gasteiger partial charge in [-0.3, -0.25) is 0 Å². The van der Waals surface area contributed by atoms with E-state index >= 15 is 0 Å². The molecule has 0 radical (unpaired) electrons. The van der Waals surface area contributed by atoms with Gasteiger partial charge in [-0.05, 0) is 28.1 Å². The maximum Gasteiger partial charge on any atom is 0.485 e. The summed E-state index contributed by atoms with van der Waals surface area (Å²) in [6.07, 6.45) is -4.60. The number of hydrogen-bond donors (Lipinski definition) is 1. The lowest BCUT2D eigenvalue weighted by Gasteiger charge is -2.03. The van der Waals surface area contributed by atoms with E-state index in [-0.39, 0.29) is 5.89 Å². The van der Waals surface area contributed by atoms with Crippen molar-refractivity contribution in [3.8, 4) is 11.5 Å². The fraction of sp³-hybridized carbons (Fsp3) is 0.111. The van der Waals surface area contributed by atoms with Crippen molar-refractivity contribution >= 4 is 21.9 Å². The van der Waals surface area contributed by atoms with Crippen LogP contribution in [0.5, 0.6) is 0 Å². The molecule has 90 valence electrons. The van der Waals surface area contributed by atoms with Crippen LogP contribution in [0, 0.1) is 0 Å². The van der Waals surface area contributed by atoms with Gasteiger partial charge in [-0.15, -0.1) is 5.10 Å². The van der Waals surface area contributed by atoms with Crippen LogP contribution >= 0.6 is 15.9 Å². The van der Waals surface area contributed by atoms with Crippen LogP contribution in [0.4, 0.5) is 19.2 Å². The SMILES string of the molecule is FC(F)(F)Nc1nnc(-c2ccccc2Br)o1. The van der Waals surface area contributed by atoms with Crippen LogP contribution < -0.4 is 5.32 Å². The van der Waals surface area contributed by atoms with Crippen molar-refractivity contribution in [2.45, 2.75) is 6.30 Å². The summed E-state index contributed by atoms with van der Waals surface area (Å²) in [4.78, 5) is 0. The molecule has 0 saturated heterocycles. The van der Waals surface area contributed by atoms with Gasteiger partial charge in [0.25, 0.3) is 5.89 Å². The highest BCUT2D eigenvalue weighted by molar-refractivity contribution is 9.10. The highest BCUT2D eigenvalue weighted by atomic mass is 79.9. The molecule has 0 unspecified atom stereocenters. The van der Waals surface area contributed by atoms with Gasteiger partial charge < -0.3 is 4.42 Å². The van der Waals surface area contributed by atoms with Gasteiger partial charge in [-0.1, -0.05) is 17.2 Å². The fourth-order valence-corrected chi connectivity index (χ4v) is 1.59. The van der Waals surface area contributed by atoms with Crippen LogP contribution in [0.3, 0.4) is 0 Å². The van der Waals surface area contributed by atoms with E-state index in [0.717, 1.165) is 5.32 Å². The number of halogens is 4. The summed E-state index contributed by atoms with van der Waals surface area (Å²) in [5.74, 6) is 0.00391. The highest BCUT2D eigenvalue weighted by Gasteiger charge is 2.30. The highest BCUT2D eigenvalue weighted by Crippen LogP contribution is 2.28. The van der Waals surface area contributed by atoms with Crippen molar-refractivity contribution in [1.29, 1.82) is 0 Å². The first kappa shape index (κ1) is 11.9. The van der Waals surface area contributed by atoms with Gasteiger partial charge in [-0.2, -0.15) is 13.2 Å². The second-order valence-electron chi connectivity index (χ2n) is 3.01. The molecule has 0 bridgehead atoms. The molecule has 1 heterocycles. The van der Waals surface area contributed by atoms with Gasteiger partial charge in [0.15, 0.2) is 0 Å². The van der Waals surface area contributed by atoms with Crippen molar-refractivity contribution in [2.75, 3.05) is 5.32 Å². The number of rotatable bonds is 2. The Morgan fingerprint density at radius 1 is 1.18 bits per heavy atom. The van der Waals surface area contributed by atoms with E-state index in [4.69, 9.17) is 4.42 Å². The molecule has 0 aliphatic rings. The zero-order valence-corrected chi connectivity index (χ0v) is 9.71. The number of alkyl halides is 3. The van der Waals surface area contributed by atoms with E-state index in [1.54, 1.807) is 24.3 Å². The number of hydrogen-bond acceptors (Lipinski definition) is 4. The molecule has 0 spiro atoms. The molecule has 0 fully saturated rings. The van der Waals surface area contributed by atoms with Crippen molar-refractivity contribution in [3.63, 3.8) is 0 Å². The molecule has 8 heteroatoms. The van der Waals surface area contributed by atoms with Crippen LogP contribution in [-0.4, -0.2) is 16.5 Å². The van der Waals surface area contributed by atoms with E-state index in [1.807, 2.05) is 0 Å². The molecule has 1 N–H and O–H groups in total. The third-order valence-electron chi connectivity index (χ3n) is 1.78. The Bertz CT molecular complexity index is 526. The van der Waals surface area contributed by atoms with Gasteiger partial charge in [0.05, 0.1) is 5.56 Å². The van der Waals surface area contributed by atoms with E-state index in [9.17, 15) is 13.2 Å². The zero-order chi connectivity index (χ0) is 12.5. The minimum Gasteiger partial charge on any atom is -0.403 e. The van der Waals surface area contributed by atoms with E-state index in [0.29, 0.717) is 10.0 Å². The molecule has 1 aromatic heterocycles. The second-order valence-corrected chi connectivity index (χ2v) is 3.87. The molecule has 2 aromatic rings. The largest absolute Gasteiger partial charge is 0.485 e. The molecule has 17 heavy (non-hydrogen) atoms. The van der Waals surface area contributed by atoms with Gasteiger partial charge in [0, 0.05) is 4.47 Å². The summed E-state index contributed by atoms with van der Waals surface area (Å²) < 4.78 is 41.5. The molecule has 0 aliphatic heterocycles. The third kappa shape index (κ3) is 2.96. The summed E-state index contributed by atoms with van der Waals surface area (Å²) >= 11 is 3.23. The fourth-order valence-electron chi connectivity index (χ4n) is 1.14. The van der Waals surface area contributed by atoms with E-state index < -0.39 is 12.3 Å². The smallest absolute Gasteiger partial charge is 0.403 e. The van der Waals surface area contributed by atoms with Crippen molar-refractivity contribution in [1.82, 2.24) is 10.2 Å². The van der Waals surface area contributed by atoms with Crippen molar-refractivity contribution in [2.24, 2.45) is 0 Å². The molecule has 4 nitrogen and oxygen atoms in total. The van der Waals surface area contributed by atoms with Crippen molar-refractivity contribution < 1.29 is 17.6 Å². The second kappa shape index (κ2) is 4.36. The predicted octanol–water partition coefficient (Wildman–Crippen LogP) is 3.43. The first-order valence-corrected chi connectivity index (χ1v) is 5.18. The quantitative estimate of drug-likeness (QED) is 0.864. The molecule has 0 aliphatic carbocycles. The third-order valence-corrected chi connectivity index (χ3v) is 2.47.